The lowest BCUT2D eigenvalue weighted by atomic mass is 9.91. The Morgan fingerprint density at radius 1 is 0.542 bits per heavy atom. The third-order valence-corrected chi connectivity index (χ3v) is 9.07. The molecule has 0 saturated heterocycles. The maximum atomic E-state index is 3.71. The van der Waals surface area contributed by atoms with Crippen molar-refractivity contribution in [2.75, 3.05) is 21.8 Å². The summed E-state index contributed by atoms with van der Waals surface area (Å²) in [6.45, 7) is 5.67. The molecule has 0 saturated carbocycles. The van der Waals surface area contributed by atoms with E-state index in [4.69, 9.17) is 0 Å². The van der Waals surface area contributed by atoms with E-state index in [-0.39, 0.29) is 0 Å². The van der Waals surface area contributed by atoms with Gasteiger partial charge in [0.25, 0.3) is 0 Å². The molecule has 0 radical (unpaired) electrons. The summed E-state index contributed by atoms with van der Waals surface area (Å²) in [5, 5.41) is 3.71. The minimum Gasteiger partial charge on any atom is -0.381 e. The summed E-state index contributed by atoms with van der Waals surface area (Å²) in [4.78, 5) is 4.93. The number of hydrogen-bond acceptors (Lipinski definition) is 3. The summed E-state index contributed by atoms with van der Waals surface area (Å²) in [5.41, 5.74) is 12.2. The van der Waals surface area contributed by atoms with Gasteiger partial charge in [-0.1, -0.05) is 140 Å². The average molecular weight is 624 g/mol. The van der Waals surface area contributed by atoms with Crippen LogP contribution in [0, 0.1) is 11.8 Å². The van der Waals surface area contributed by atoms with Crippen LogP contribution in [0.5, 0.6) is 0 Å². The molecule has 7 rings (SSSR count). The van der Waals surface area contributed by atoms with Crippen molar-refractivity contribution in [2.45, 2.75) is 38.9 Å². The first-order chi connectivity index (χ1) is 23.7. The largest absolute Gasteiger partial charge is 0.381 e. The first-order valence-electron chi connectivity index (χ1n) is 16.9. The number of rotatable bonds is 10. The van der Waals surface area contributed by atoms with Crippen molar-refractivity contribution in [1.29, 1.82) is 0 Å². The lowest BCUT2D eigenvalue weighted by Gasteiger charge is -2.22. The molecule has 1 aliphatic heterocycles. The van der Waals surface area contributed by atoms with E-state index in [1.807, 2.05) is 0 Å². The van der Waals surface area contributed by atoms with Crippen LogP contribution in [0.3, 0.4) is 0 Å². The monoisotopic (exact) mass is 623 g/mol. The van der Waals surface area contributed by atoms with E-state index in [2.05, 4.69) is 192 Å². The Morgan fingerprint density at radius 2 is 1.04 bits per heavy atom. The van der Waals surface area contributed by atoms with Crippen molar-refractivity contribution < 1.29 is 0 Å². The van der Waals surface area contributed by atoms with Crippen LogP contribution in [0.15, 0.2) is 158 Å². The normalized spacial score (nSPS) is 12.6. The quantitative estimate of drug-likeness (QED) is 0.153. The van der Waals surface area contributed by atoms with Crippen LogP contribution in [0.2, 0.25) is 0 Å². The van der Waals surface area contributed by atoms with E-state index < -0.39 is 0 Å². The van der Waals surface area contributed by atoms with Crippen LogP contribution in [0.4, 0.5) is 17.1 Å². The van der Waals surface area contributed by atoms with E-state index in [0.717, 1.165) is 43.9 Å². The van der Waals surface area contributed by atoms with Crippen LogP contribution < -0.4 is 15.1 Å². The van der Waals surface area contributed by atoms with Gasteiger partial charge >= 0.3 is 0 Å². The van der Waals surface area contributed by atoms with Crippen molar-refractivity contribution in [3.63, 3.8) is 0 Å². The van der Waals surface area contributed by atoms with Gasteiger partial charge in [-0.2, -0.15) is 0 Å². The zero-order valence-corrected chi connectivity index (χ0v) is 27.5. The van der Waals surface area contributed by atoms with E-state index >= 15 is 0 Å². The third-order valence-electron chi connectivity index (χ3n) is 9.07. The van der Waals surface area contributed by atoms with E-state index in [1.54, 1.807) is 0 Å². The van der Waals surface area contributed by atoms with Crippen molar-refractivity contribution >= 4 is 17.1 Å². The predicted octanol–water partition coefficient (Wildman–Crippen LogP) is 10.0. The van der Waals surface area contributed by atoms with E-state index in [9.17, 15) is 0 Å². The molecule has 3 heteroatoms. The number of benzene rings is 6. The molecule has 0 aliphatic carbocycles. The average Bonchev–Trinajstić information content (AvgIpc) is 3.47. The molecular weight excluding hydrogens is 583 g/mol. The Morgan fingerprint density at radius 3 is 1.65 bits per heavy atom. The summed E-state index contributed by atoms with van der Waals surface area (Å²) in [6.07, 6.45) is 0.972. The molecule has 3 nitrogen and oxygen atoms in total. The van der Waals surface area contributed by atoms with Gasteiger partial charge in [-0.25, -0.2) is 0 Å². The molecular formula is C45H41N3. The molecule has 1 N–H and O–H groups in total. The van der Waals surface area contributed by atoms with Crippen LogP contribution in [0.1, 0.15) is 51.8 Å². The molecule has 1 aliphatic rings. The number of fused-ring (bicyclic) bond motifs is 1. The Bertz CT molecular complexity index is 1980. The number of hydrogen-bond donors (Lipinski definition) is 1. The molecule has 48 heavy (non-hydrogen) atoms. The van der Waals surface area contributed by atoms with Gasteiger partial charge < -0.3 is 15.1 Å². The first-order valence-corrected chi connectivity index (χ1v) is 16.9. The van der Waals surface area contributed by atoms with Crippen LogP contribution in [-0.4, -0.2) is 6.67 Å². The maximum Gasteiger partial charge on any atom is 0.0911 e. The highest BCUT2D eigenvalue weighted by molar-refractivity contribution is 5.78. The second-order valence-corrected chi connectivity index (χ2v) is 12.7. The molecule has 0 fully saturated rings. The Kier molecular flexibility index (Phi) is 9.53. The number of nitrogens with zero attached hydrogens (tertiary/aromatic N) is 2. The standard InChI is InChI=1S/C45H41N3/c1-35(28-36-14-6-2-7-15-36)42-29-37(24-26-43(42)46-31-39-16-8-3-9-17-39)22-23-38-25-27-44-45(30-38)48(33-41-20-12-5-13-21-41)34-47(44)32-40-18-10-4-11-19-40/h2-21,24-27,29-30,35,46H,28,31-34H2,1H3. The summed E-state index contributed by atoms with van der Waals surface area (Å²) < 4.78 is 0. The maximum absolute atomic E-state index is 3.71. The lowest BCUT2D eigenvalue weighted by Crippen LogP contribution is -2.30. The molecule has 0 amide bonds. The summed E-state index contributed by atoms with van der Waals surface area (Å²) >= 11 is 0. The topological polar surface area (TPSA) is 18.5 Å². The van der Waals surface area contributed by atoms with Crippen molar-refractivity contribution in [1.82, 2.24) is 0 Å². The molecule has 236 valence electrons. The summed E-state index contributed by atoms with van der Waals surface area (Å²) in [5.74, 6) is 7.36. The first kappa shape index (κ1) is 30.9. The van der Waals surface area contributed by atoms with Crippen molar-refractivity contribution in [2.24, 2.45) is 0 Å². The van der Waals surface area contributed by atoms with Gasteiger partial charge in [0.1, 0.15) is 0 Å². The van der Waals surface area contributed by atoms with Gasteiger partial charge in [-0.3, -0.25) is 0 Å². The van der Waals surface area contributed by atoms with Crippen LogP contribution >= 0.6 is 0 Å². The fourth-order valence-corrected chi connectivity index (χ4v) is 6.58. The molecule has 0 bridgehead atoms. The highest BCUT2D eigenvalue weighted by Crippen LogP contribution is 2.38. The number of anilines is 3. The predicted molar refractivity (Wildman–Crippen MR) is 201 cm³/mol. The second-order valence-electron chi connectivity index (χ2n) is 12.7. The molecule has 0 spiro atoms. The van der Waals surface area contributed by atoms with Gasteiger partial charge in [-0.15, -0.1) is 0 Å². The van der Waals surface area contributed by atoms with Crippen LogP contribution in [-0.2, 0) is 26.1 Å². The molecule has 6 aromatic carbocycles. The highest BCUT2D eigenvalue weighted by atomic mass is 15.4. The smallest absolute Gasteiger partial charge is 0.0911 e. The fraction of sp³-hybridized carbons (Fsp3) is 0.156. The summed E-state index contributed by atoms with van der Waals surface area (Å²) in [7, 11) is 0. The van der Waals surface area contributed by atoms with E-state index in [1.165, 1.54) is 44.9 Å². The van der Waals surface area contributed by atoms with Gasteiger partial charge in [-0.05, 0) is 76.6 Å². The fourth-order valence-electron chi connectivity index (χ4n) is 6.58. The Labute approximate surface area is 285 Å². The zero-order chi connectivity index (χ0) is 32.5. The Hall–Kier alpha value is -5.72. The third kappa shape index (κ3) is 7.63. The van der Waals surface area contributed by atoms with Crippen LogP contribution in [0.25, 0.3) is 0 Å². The molecule has 1 unspecified atom stereocenters. The molecule has 6 aromatic rings. The van der Waals surface area contributed by atoms with Gasteiger partial charge in [0.05, 0.1) is 18.0 Å². The van der Waals surface area contributed by atoms with Gasteiger partial charge in [0.2, 0.25) is 0 Å². The van der Waals surface area contributed by atoms with Crippen molar-refractivity contribution in [3.8, 4) is 11.8 Å². The highest BCUT2D eigenvalue weighted by Gasteiger charge is 2.26. The molecule has 1 heterocycles. The molecule has 0 aromatic heterocycles. The molecule has 1 atom stereocenters. The van der Waals surface area contributed by atoms with Crippen molar-refractivity contribution in [3.05, 3.63) is 197 Å². The number of nitrogens with one attached hydrogen (secondary N) is 1. The SMILES string of the molecule is CC(Cc1ccccc1)c1cc(C#Cc2ccc3c(c2)N(Cc2ccccc2)CN3Cc2ccccc2)ccc1NCc1ccccc1. The second kappa shape index (κ2) is 14.8. The summed E-state index contributed by atoms with van der Waals surface area (Å²) in [6, 6.07) is 56.1. The Balaban J connectivity index is 1.16. The van der Waals surface area contributed by atoms with Gasteiger partial charge in [0.15, 0.2) is 0 Å². The van der Waals surface area contributed by atoms with Gasteiger partial charge in [0, 0.05) is 36.4 Å². The lowest BCUT2D eigenvalue weighted by molar-refractivity contribution is 0.759. The minimum absolute atomic E-state index is 0.328. The van der Waals surface area contributed by atoms with E-state index in [0.29, 0.717) is 5.92 Å². The minimum atomic E-state index is 0.328. The zero-order valence-electron chi connectivity index (χ0n) is 27.5.